The third-order valence-corrected chi connectivity index (χ3v) is 5.51. The smallest absolute Gasteiger partial charge is 0.308 e. The van der Waals surface area contributed by atoms with E-state index in [0.717, 1.165) is 6.26 Å². The quantitative estimate of drug-likeness (QED) is 0.744. The van der Waals surface area contributed by atoms with E-state index in [1.807, 2.05) is 0 Å². The Morgan fingerprint density at radius 3 is 2.05 bits per heavy atom. The molecule has 1 N–H and O–H groups in total. The second-order valence-corrected chi connectivity index (χ2v) is 7.97. The van der Waals surface area contributed by atoms with Gasteiger partial charge in [-0.25, -0.2) is 8.42 Å². The van der Waals surface area contributed by atoms with Gasteiger partial charge in [-0.15, -0.1) is 0 Å². The van der Waals surface area contributed by atoms with Crippen molar-refractivity contribution in [2.24, 2.45) is 0 Å². The Morgan fingerprint density at radius 2 is 1.65 bits per heavy atom. The zero-order valence-corrected chi connectivity index (χ0v) is 13.5. The molecule has 114 valence electrons. The first-order valence-corrected chi connectivity index (χ1v) is 9.73. The Kier molecular flexibility index (Phi) is 6.36. The normalized spacial score (nSPS) is 14.2. The summed E-state index contributed by atoms with van der Waals surface area (Å²) in [7, 11) is -7.21. The molecule has 0 aliphatic rings. The highest BCUT2D eigenvalue weighted by atomic mass is 32.2. The zero-order valence-electron chi connectivity index (χ0n) is 11.8. The first-order valence-electron chi connectivity index (χ1n) is 6.23. The summed E-state index contributed by atoms with van der Waals surface area (Å²) in [5.74, 6) is -1.06. The summed E-state index contributed by atoms with van der Waals surface area (Å²) in [4.78, 5) is 0. The Hall–Kier alpha value is -0.720. The van der Waals surface area contributed by atoms with Crippen molar-refractivity contribution in [3.63, 3.8) is 0 Å². The largest absolute Gasteiger partial charge is 0.352 e. The predicted octanol–water partition coefficient (Wildman–Crippen LogP) is 2.50. The molecule has 0 bridgehead atoms. The third kappa shape index (κ3) is 5.00. The molecule has 1 aromatic rings. The van der Waals surface area contributed by atoms with Gasteiger partial charge in [-0.05, 0) is 19.4 Å². The molecule has 0 aliphatic heterocycles. The Bertz CT molecular complexity index is 550. The van der Waals surface area contributed by atoms with Crippen LogP contribution in [0, 0.1) is 0 Å². The lowest BCUT2D eigenvalue weighted by Gasteiger charge is -2.26. The molecule has 0 radical (unpaired) electrons. The number of nitrogens with one attached hydrogen (secondary N) is 1. The minimum Gasteiger partial charge on any atom is -0.308 e. The Labute approximate surface area is 120 Å². The average Bonchev–Trinajstić information content (AvgIpc) is 2.36. The summed E-state index contributed by atoms with van der Waals surface area (Å²) in [6.45, 7) is 3.67. The molecular formula is C12H20NO5PS. The molecule has 0 heterocycles. The minimum absolute atomic E-state index is 0.159. The molecule has 1 rings (SSSR count). The van der Waals surface area contributed by atoms with Crippen LogP contribution >= 0.6 is 7.60 Å². The molecule has 0 aromatic heterocycles. The summed E-state index contributed by atoms with van der Waals surface area (Å²) in [5, 5.41) is 0. The van der Waals surface area contributed by atoms with E-state index in [1.54, 1.807) is 44.2 Å². The molecule has 20 heavy (non-hydrogen) atoms. The number of rotatable bonds is 8. The minimum atomic E-state index is -3.64. The molecule has 1 atom stereocenters. The van der Waals surface area contributed by atoms with Crippen molar-refractivity contribution in [1.82, 2.24) is 4.72 Å². The lowest BCUT2D eigenvalue weighted by Crippen LogP contribution is -2.28. The van der Waals surface area contributed by atoms with E-state index in [1.165, 1.54) is 0 Å². The molecule has 0 fully saturated rings. The van der Waals surface area contributed by atoms with Gasteiger partial charge in [-0.1, -0.05) is 30.3 Å². The van der Waals surface area contributed by atoms with Crippen molar-refractivity contribution in [2.75, 3.05) is 19.5 Å². The van der Waals surface area contributed by atoms with Crippen LogP contribution in [0.2, 0.25) is 0 Å². The maximum absolute atomic E-state index is 12.8. The molecule has 1 unspecified atom stereocenters. The zero-order chi connectivity index (χ0) is 15.2. The maximum Gasteiger partial charge on any atom is 0.352 e. The van der Waals surface area contributed by atoms with Crippen LogP contribution in [0.4, 0.5) is 0 Å². The number of hydrogen-bond donors (Lipinski definition) is 1. The van der Waals surface area contributed by atoms with Crippen LogP contribution in [0.3, 0.4) is 0 Å². The van der Waals surface area contributed by atoms with Crippen LogP contribution in [0.5, 0.6) is 0 Å². The van der Waals surface area contributed by atoms with Crippen molar-refractivity contribution in [2.45, 2.75) is 19.6 Å². The van der Waals surface area contributed by atoms with Crippen molar-refractivity contribution >= 4 is 17.6 Å². The molecule has 0 amide bonds. The van der Waals surface area contributed by atoms with Crippen LogP contribution in [-0.2, 0) is 23.6 Å². The van der Waals surface area contributed by atoms with Gasteiger partial charge >= 0.3 is 7.60 Å². The fourth-order valence-corrected chi connectivity index (χ4v) is 4.96. The molecule has 6 nitrogen and oxygen atoms in total. The van der Waals surface area contributed by atoms with Crippen LogP contribution in [-0.4, -0.2) is 27.9 Å². The second kappa shape index (κ2) is 7.33. The van der Waals surface area contributed by atoms with E-state index in [4.69, 9.17) is 9.05 Å². The van der Waals surface area contributed by atoms with E-state index in [9.17, 15) is 13.0 Å². The fourth-order valence-electron chi connectivity index (χ4n) is 1.70. The first-order chi connectivity index (χ1) is 9.32. The highest BCUT2D eigenvalue weighted by molar-refractivity contribution is 7.89. The van der Waals surface area contributed by atoms with Gasteiger partial charge in [0.05, 0.1) is 19.5 Å². The lowest BCUT2D eigenvalue weighted by atomic mass is 10.2. The van der Waals surface area contributed by atoms with Crippen molar-refractivity contribution in [3.8, 4) is 0 Å². The van der Waals surface area contributed by atoms with Gasteiger partial charge in [0.2, 0.25) is 10.0 Å². The van der Waals surface area contributed by atoms with Crippen LogP contribution in [0.15, 0.2) is 30.3 Å². The SMILES string of the molecule is CCOP(=O)(OCC)C(NS(C)(=O)=O)c1ccccc1. The van der Waals surface area contributed by atoms with Crippen LogP contribution < -0.4 is 4.72 Å². The molecule has 0 aliphatic carbocycles. The van der Waals surface area contributed by atoms with E-state index in [2.05, 4.69) is 4.72 Å². The topological polar surface area (TPSA) is 81.7 Å². The van der Waals surface area contributed by atoms with Gasteiger partial charge in [0.15, 0.2) is 0 Å². The van der Waals surface area contributed by atoms with E-state index in [-0.39, 0.29) is 13.2 Å². The standard InChI is InChI=1S/C12H20NO5PS/c1-4-17-19(14,18-5-2)12(13-20(3,15)16)11-9-7-6-8-10-11/h6-10,12-13H,4-5H2,1-3H3. The highest BCUT2D eigenvalue weighted by Gasteiger charge is 2.38. The Morgan fingerprint density at radius 1 is 1.15 bits per heavy atom. The third-order valence-electron chi connectivity index (χ3n) is 2.38. The maximum atomic E-state index is 12.8. The molecule has 0 saturated carbocycles. The molecule has 0 spiro atoms. The van der Waals surface area contributed by atoms with E-state index >= 15 is 0 Å². The summed E-state index contributed by atoms with van der Waals surface area (Å²) in [6, 6.07) is 8.59. The van der Waals surface area contributed by atoms with E-state index < -0.39 is 23.4 Å². The Balaban J connectivity index is 3.25. The predicted molar refractivity (Wildman–Crippen MR) is 78.0 cm³/mol. The molecular weight excluding hydrogens is 301 g/mol. The van der Waals surface area contributed by atoms with Crippen molar-refractivity contribution in [1.29, 1.82) is 0 Å². The molecule has 0 saturated heterocycles. The lowest BCUT2D eigenvalue weighted by molar-refractivity contribution is 0.210. The average molecular weight is 321 g/mol. The van der Waals surface area contributed by atoms with Gasteiger partial charge in [0, 0.05) is 0 Å². The molecule has 8 heteroatoms. The summed E-state index contributed by atoms with van der Waals surface area (Å²) in [5.41, 5.74) is 0.531. The summed E-state index contributed by atoms with van der Waals surface area (Å²) < 4.78 is 48.7. The summed E-state index contributed by atoms with van der Waals surface area (Å²) >= 11 is 0. The van der Waals surface area contributed by atoms with Gasteiger partial charge in [-0.2, -0.15) is 4.72 Å². The monoisotopic (exact) mass is 321 g/mol. The van der Waals surface area contributed by atoms with Gasteiger partial charge in [0.1, 0.15) is 5.78 Å². The number of benzene rings is 1. The van der Waals surface area contributed by atoms with Crippen molar-refractivity contribution in [3.05, 3.63) is 35.9 Å². The van der Waals surface area contributed by atoms with Crippen molar-refractivity contribution < 1.29 is 22.0 Å². The number of hydrogen-bond acceptors (Lipinski definition) is 5. The second-order valence-electron chi connectivity index (χ2n) is 4.08. The van der Waals surface area contributed by atoms with E-state index in [0.29, 0.717) is 5.56 Å². The fraction of sp³-hybridized carbons (Fsp3) is 0.500. The van der Waals surface area contributed by atoms with Gasteiger partial charge in [0.25, 0.3) is 0 Å². The van der Waals surface area contributed by atoms with Crippen LogP contribution in [0.25, 0.3) is 0 Å². The van der Waals surface area contributed by atoms with Crippen LogP contribution in [0.1, 0.15) is 25.2 Å². The van der Waals surface area contributed by atoms with Gasteiger partial charge in [-0.3, -0.25) is 4.57 Å². The summed E-state index contributed by atoms with van der Waals surface area (Å²) in [6.07, 6.45) is 1.01. The molecule has 1 aromatic carbocycles. The van der Waals surface area contributed by atoms with Gasteiger partial charge < -0.3 is 9.05 Å². The highest BCUT2D eigenvalue weighted by Crippen LogP contribution is 2.59. The first kappa shape index (κ1) is 17.3. The number of sulfonamides is 1.